The van der Waals surface area contributed by atoms with Gasteiger partial charge in [0.1, 0.15) is 23.8 Å². The molecule has 0 spiro atoms. The van der Waals surface area contributed by atoms with Gasteiger partial charge in [-0.25, -0.2) is 18.3 Å². The van der Waals surface area contributed by atoms with Crippen LogP contribution in [0.4, 0.5) is 27.8 Å². The molecule has 8 nitrogen and oxygen atoms in total. The molecule has 1 aromatic carbocycles. The predicted molar refractivity (Wildman–Crippen MR) is 123 cm³/mol. The summed E-state index contributed by atoms with van der Waals surface area (Å²) in [6.07, 6.45) is -2.90. The van der Waals surface area contributed by atoms with Gasteiger partial charge in [0.05, 0.1) is 23.8 Å². The van der Waals surface area contributed by atoms with Crippen LogP contribution in [0.25, 0.3) is 16.8 Å². The van der Waals surface area contributed by atoms with Crippen LogP contribution in [-0.4, -0.2) is 56.6 Å². The van der Waals surface area contributed by atoms with E-state index in [-0.39, 0.29) is 47.3 Å². The number of anilines is 1. The Labute approximate surface area is 207 Å². The zero-order valence-corrected chi connectivity index (χ0v) is 19.6. The lowest BCUT2D eigenvalue weighted by Gasteiger charge is -2.28. The normalized spacial score (nSPS) is 20.3. The van der Waals surface area contributed by atoms with Crippen molar-refractivity contribution in [1.29, 1.82) is 0 Å². The van der Waals surface area contributed by atoms with Gasteiger partial charge in [0.2, 0.25) is 5.91 Å². The van der Waals surface area contributed by atoms with E-state index in [9.17, 15) is 27.2 Å². The van der Waals surface area contributed by atoms with Gasteiger partial charge in [0.25, 0.3) is 5.91 Å². The van der Waals surface area contributed by atoms with E-state index in [0.29, 0.717) is 6.07 Å². The Kier molecular flexibility index (Phi) is 6.03. The number of likely N-dealkylation sites (tertiary alicyclic amines) is 1. The Bertz CT molecular complexity index is 1400. The number of aromatic nitrogens is 3. The van der Waals surface area contributed by atoms with Crippen LogP contribution < -0.4 is 11.1 Å². The number of amides is 2. The Hall–Kier alpha value is -3.77. The van der Waals surface area contributed by atoms with E-state index in [0.717, 1.165) is 42.2 Å². The molecule has 13 heteroatoms. The summed E-state index contributed by atoms with van der Waals surface area (Å²) in [6.45, 7) is 1.32. The number of hydrogen-bond acceptors (Lipinski definition) is 5. The number of rotatable bonds is 4. The van der Waals surface area contributed by atoms with Crippen molar-refractivity contribution in [2.45, 2.75) is 44.6 Å². The molecule has 0 unspecified atom stereocenters. The number of halogens is 5. The summed E-state index contributed by atoms with van der Waals surface area (Å²) in [4.78, 5) is 30.6. The highest BCUT2D eigenvalue weighted by Crippen LogP contribution is 2.39. The average Bonchev–Trinajstić information content (AvgIpc) is 3.34. The van der Waals surface area contributed by atoms with Crippen molar-refractivity contribution in [1.82, 2.24) is 24.8 Å². The van der Waals surface area contributed by atoms with Crippen molar-refractivity contribution in [3.05, 3.63) is 47.0 Å². The van der Waals surface area contributed by atoms with E-state index >= 15 is 4.39 Å². The van der Waals surface area contributed by atoms with E-state index in [1.807, 2.05) is 0 Å². The van der Waals surface area contributed by atoms with Gasteiger partial charge in [0.15, 0.2) is 5.82 Å². The molecule has 5 rings (SSSR count). The van der Waals surface area contributed by atoms with Gasteiger partial charge >= 0.3 is 6.18 Å². The third kappa shape index (κ3) is 4.36. The number of nitrogens with zero attached hydrogens (tertiary/aromatic N) is 4. The quantitative estimate of drug-likeness (QED) is 0.510. The molecule has 2 aliphatic rings. The summed E-state index contributed by atoms with van der Waals surface area (Å²) in [6, 6.07) is 1.83. The van der Waals surface area contributed by atoms with Crippen molar-refractivity contribution in [2.75, 3.05) is 18.8 Å². The van der Waals surface area contributed by atoms with Crippen LogP contribution in [0.2, 0.25) is 0 Å². The van der Waals surface area contributed by atoms with E-state index in [1.54, 1.807) is 0 Å². The molecule has 2 fully saturated rings. The van der Waals surface area contributed by atoms with Crippen LogP contribution >= 0.6 is 0 Å². The summed E-state index contributed by atoms with van der Waals surface area (Å²) in [5.74, 6) is -2.32. The van der Waals surface area contributed by atoms with Crippen molar-refractivity contribution in [3.63, 3.8) is 0 Å². The van der Waals surface area contributed by atoms with Crippen LogP contribution in [0.15, 0.2) is 24.5 Å². The Morgan fingerprint density at radius 3 is 2.54 bits per heavy atom. The van der Waals surface area contributed by atoms with Gasteiger partial charge in [-0.3, -0.25) is 9.59 Å². The molecule has 2 atom stereocenters. The monoisotopic (exact) mass is 522 g/mol. The van der Waals surface area contributed by atoms with Gasteiger partial charge < -0.3 is 16.0 Å². The minimum absolute atomic E-state index is 0.00379. The highest BCUT2D eigenvalue weighted by atomic mass is 19.4. The first-order valence-corrected chi connectivity index (χ1v) is 11.7. The van der Waals surface area contributed by atoms with E-state index in [1.165, 1.54) is 11.8 Å². The number of nitrogens with one attached hydrogen (secondary N) is 1. The minimum Gasteiger partial charge on any atom is -0.382 e. The summed E-state index contributed by atoms with van der Waals surface area (Å²) in [5, 5.41) is 6.36. The van der Waals surface area contributed by atoms with Crippen molar-refractivity contribution in [2.24, 2.45) is 5.92 Å². The number of hydrogen-bond donors (Lipinski definition) is 2. The second-order valence-electron chi connectivity index (χ2n) is 9.46. The predicted octanol–water partition coefficient (Wildman–Crippen LogP) is 3.52. The molecule has 1 aliphatic heterocycles. The fourth-order valence-corrected chi connectivity index (χ4v) is 4.83. The fraction of sp³-hybridized carbons (Fsp3) is 0.417. The smallest absolute Gasteiger partial charge is 0.382 e. The van der Waals surface area contributed by atoms with E-state index in [4.69, 9.17) is 5.73 Å². The standard InChI is InChI=1S/C24H23F5N6O2/c1-11-5-16(25)14(19-7-15(24(27,28)29)20-21(30)31-10-32-35(19)20)6-13(11)22(36)33-18-9-34(8-17(18)26)23(37)12-3-2-4-12/h5-7,10,12,17-18H,2-4,8-9H2,1H3,(H,33,36)(H2,30,31,32)/t17-,18+/m0/s1. The van der Waals surface area contributed by atoms with Crippen LogP contribution in [0.5, 0.6) is 0 Å². The molecule has 1 aliphatic carbocycles. The number of carbonyl (C=O) groups excluding carboxylic acids is 2. The van der Waals surface area contributed by atoms with Crippen LogP contribution in [0.3, 0.4) is 0 Å². The number of nitrogen functional groups attached to an aromatic ring is 1. The SMILES string of the molecule is Cc1cc(F)c(-c2cc(C(F)(F)F)c3c(N)ncnn23)cc1C(=O)N[C@@H]1CN(C(=O)C2CCC2)C[C@@H]1F. The highest BCUT2D eigenvalue weighted by Gasteiger charge is 2.40. The highest BCUT2D eigenvalue weighted by molar-refractivity contribution is 5.97. The number of aryl methyl sites for hydroxylation is 1. The summed E-state index contributed by atoms with van der Waals surface area (Å²) >= 11 is 0. The first-order valence-electron chi connectivity index (χ1n) is 11.7. The molecule has 1 saturated heterocycles. The number of fused-ring (bicyclic) bond motifs is 1. The summed E-state index contributed by atoms with van der Waals surface area (Å²) < 4.78 is 71.6. The maximum Gasteiger partial charge on any atom is 0.418 e. The molecular formula is C24H23F5N6O2. The van der Waals surface area contributed by atoms with Crippen molar-refractivity contribution >= 4 is 23.1 Å². The lowest BCUT2D eigenvalue weighted by atomic mass is 9.84. The first-order chi connectivity index (χ1) is 17.5. The van der Waals surface area contributed by atoms with Crippen molar-refractivity contribution < 1.29 is 31.5 Å². The number of nitrogens with two attached hydrogens (primary N) is 1. The Balaban J connectivity index is 1.46. The fourth-order valence-electron chi connectivity index (χ4n) is 4.83. The molecular weight excluding hydrogens is 499 g/mol. The Morgan fingerprint density at radius 2 is 1.89 bits per heavy atom. The zero-order chi connectivity index (χ0) is 26.6. The third-order valence-corrected chi connectivity index (χ3v) is 7.05. The number of carbonyl (C=O) groups is 2. The second-order valence-corrected chi connectivity index (χ2v) is 9.46. The summed E-state index contributed by atoms with van der Waals surface area (Å²) in [7, 11) is 0. The Morgan fingerprint density at radius 1 is 1.16 bits per heavy atom. The van der Waals surface area contributed by atoms with Crippen molar-refractivity contribution in [3.8, 4) is 11.3 Å². The van der Waals surface area contributed by atoms with E-state index in [2.05, 4.69) is 15.4 Å². The molecule has 3 heterocycles. The third-order valence-electron chi connectivity index (χ3n) is 7.05. The van der Waals surface area contributed by atoms with Gasteiger partial charge in [-0.1, -0.05) is 6.42 Å². The molecule has 3 aromatic rings. The van der Waals surface area contributed by atoms with Gasteiger partial charge in [0, 0.05) is 23.6 Å². The van der Waals surface area contributed by atoms with Crippen LogP contribution in [0, 0.1) is 18.7 Å². The molecule has 0 bridgehead atoms. The topological polar surface area (TPSA) is 106 Å². The maximum absolute atomic E-state index is 15.0. The molecule has 0 radical (unpaired) electrons. The van der Waals surface area contributed by atoms with Gasteiger partial charge in [-0.2, -0.15) is 18.3 Å². The zero-order valence-electron chi connectivity index (χ0n) is 19.6. The maximum atomic E-state index is 15.0. The first kappa shape index (κ1) is 24.9. The second kappa shape index (κ2) is 8.96. The van der Waals surface area contributed by atoms with Crippen LogP contribution in [0.1, 0.15) is 40.7 Å². The number of benzene rings is 1. The lowest BCUT2D eigenvalue weighted by molar-refractivity contribution is -0.137. The molecule has 37 heavy (non-hydrogen) atoms. The molecule has 3 N–H and O–H groups in total. The summed E-state index contributed by atoms with van der Waals surface area (Å²) in [5.41, 5.74) is 3.48. The van der Waals surface area contributed by atoms with Gasteiger partial charge in [-0.15, -0.1) is 0 Å². The van der Waals surface area contributed by atoms with Crippen LogP contribution in [-0.2, 0) is 11.0 Å². The molecule has 196 valence electrons. The average molecular weight is 522 g/mol. The molecule has 1 saturated carbocycles. The molecule has 2 aromatic heterocycles. The minimum atomic E-state index is -4.83. The van der Waals surface area contributed by atoms with Gasteiger partial charge in [-0.05, 0) is 43.5 Å². The number of alkyl halides is 4. The largest absolute Gasteiger partial charge is 0.418 e. The molecule has 2 amide bonds. The lowest BCUT2D eigenvalue weighted by Crippen LogP contribution is -2.43. The van der Waals surface area contributed by atoms with E-state index < -0.39 is 47.0 Å².